The van der Waals surface area contributed by atoms with E-state index in [1.807, 2.05) is 0 Å². The number of hydrogen-bond donors (Lipinski definition) is 4. The number of aromatic nitrogens is 8. The van der Waals surface area contributed by atoms with Crippen molar-refractivity contribution in [3.63, 3.8) is 0 Å². The molecule has 124 valence electrons. The summed E-state index contributed by atoms with van der Waals surface area (Å²) in [4.78, 5) is 35.0. The van der Waals surface area contributed by atoms with Crippen LogP contribution >= 0.6 is 0 Å². The zero-order valence-electron chi connectivity index (χ0n) is 12.7. The van der Waals surface area contributed by atoms with E-state index in [4.69, 9.17) is 0 Å². The Kier molecular flexibility index (Phi) is 7.87. The maximum Gasteiger partial charge on any atom is 0.108 e. The van der Waals surface area contributed by atoms with Crippen molar-refractivity contribution in [2.45, 2.75) is 0 Å². The van der Waals surface area contributed by atoms with Crippen molar-refractivity contribution in [3.05, 3.63) is 36.3 Å². The van der Waals surface area contributed by atoms with Gasteiger partial charge in [-0.2, -0.15) is 0 Å². The third kappa shape index (κ3) is 4.55. The number of aromatic amines is 4. The fraction of sp³-hybridized carbons (Fsp3) is 0.167. The Morgan fingerprint density at radius 2 is 1.21 bits per heavy atom. The van der Waals surface area contributed by atoms with E-state index >= 15 is 0 Å². The van der Waals surface area contributed by atoms with Crippen LogP contribution in [0.15, 0.2) is 22.6 Å². The summed E-state index contributed by atoms with van der Waals surface area (Å²) >= 11 is 0. The van der Waals surface area contributed by atoms with Gasteiger partial charge in [-0.1, -0.05) is 0 Å². The first-order chi connectivity index (χ1) is 10.8. The largest absolute Gasteiger partial charge is 0.414 e. The molecule has 0 bridgehead atoms. The van der Waals surface area contributed by atoms with Crippen LogP contribution in [0.1, 0.15) is 0 Å². The second-order valence-electron chi connectivity index (χ2n) is 4.04. The molecule has 0 aliphatic heterocycles. The summed E-state index contributed by atoms with van der Waals surface area (Å²) in [6.45, 7) is 0. The molecule has 0 aliphatic carbocycles. The molecule has 12 heteroatoms. The first kappa shape index (κ1) is 20.1. The van der Waals surface area contributed by atoms with Crippen LogP contribution in [0.3, 0.4) is 0 Å². The topological polar surface area (TPSA) is 139 Å². The Balaban J connectivity index is 0.000000222. The molecule has 0 amide bonds. The van der Waals surface area contributed by atoms with Gasteiger partial charge < -0.3 is 39.9 Å². The van der Waals surface area contributed by atoms with E-state index in [1.165, 1.54) is 0 Å². The van der Waals surface area contributed by atoms with Gasteiger partial charge in [0.25, 0.3) is 0 Å². The first-order valence-electron chi connectivity index (χ1n) is 6.28. The fourth-order valence-electron chi connectivity index (χ4n) is 1.65. The van der Waals surface area contributed by atoms with Gasteiger partial charge in [0.05, 0.1) is 12.7 Å². The van der Waals surface area contributed by atoms with Gasteiger partial charge in [0.15, 0.2) is 0 Å². The number of fused-ring (bicyclic) bond motifs is 2. The summed E-state index contributed by atoms with van der Waals surface area (Å²) in [6.07, 6.45) is 8.68. The van der Waals surface area contributed by atoms with Crippen LogP contribution in [0.2, 0.25) is 0 Å². The molecular formula is C12H12N10W2-2. The second-order valence-corrected chi connectivity index (χ2v) is 4.04. The molecule has 10 nitrogen and oxygen atoms in total. The second kappa shape index (κ2) is 9.39. The minimum absolute atomic E-state index is 0. The summed E-state index contributed by atoms with van der Waals surface area (Å²) in [6, 6.07) is 0. The smallest absolute Gasteiger partial charge is 0.108 e. The van der Waals surface area contributed by atoms with Gasteiger partial charge in [-0.15, -0.1) is 0 Å². The number of nitrogens with one attached hydrogen (secondary N) is 4. The maximum absolute atomic E-state index is 3.98. The average molecular weight is 664 g/mol. The van der Waals surface area contributed by atoms with Gasteiger partial charge in [-0.25, -0.2) is 0 Å². The van der Waals surface area contributed by atoms with E-state index in [1.54, 1.807) is 26.7 Å². The van der Waals surface area contributed by atoms with Gasteiger partial charge in [-0.3, -0.25) is 9.97 Å². The molecule has 4 heterocycles. The predicted molar refractivity (Wildman–Crippen MR) is 77.1 cm³/mol. The van der Waals surface area contributed by atoms with Crippen molar-refractivity contribution >= 4 is 22.3 Å². The van der Waals surface area contributed by atoms with Crippen LogP contribution in [0.25, 0.3) is 22.3 Å². The van der Waals surface area contributed by atoms with E-state index in [9.17, 15) is 0 Å². The third-order valence-corrected chi connectivity index (χ3v) is 2.71. The van der Waals surface area contributed by atoms with E-state index in [-0.39, 0.29) is 42.1 Å². The Hall–Kier alpha value is -1.92. The molecule has 0 saturated carbocycles. The Labute approximate surface area is 164 Å². The van der Waals surface area contributed by atoms with Crippen LogP contribution in [0.4, 0.5) is 0 Å². The van der Waals surface area contributed by atoms with Gasteiger partial charge in [0, 0.05) is 67.5 Å². The van der Waals surface area contributed by atoms with Crippen LogP contribution in [-0.2, 0) is 42.1 Å². The average Bonchev–Trinajstić information content (AvgIpc) is 3.22. The van der Waals surface area contributed by atoms with E-state index in [0.717, 1.165) is 22.3 Å². The minimum atomic E-state index is 0. The van der Waals surface area contributed by atoms with Gasteiger partial charge in [-0.05, 0) is 23.4 Å². The van der Waals surface area contributed by atoms with E-state index in [2.05, 4.69) is 62.3 Å². The zero-order valence-corrected chi connectivity index (χ0v) is 18.5. The van der Waals surface area contributed by atoms with Gasteiger partial charge in [0.2, 0.25) is 0 Å². The summed E-state index contributed by atoms with van der Waals surface area (Å²) in [5, 5.41) is 0. The van der Waals surface area contributed by atoms with Crippen molar-refractivity contribution in [1.82, 2.24) is 39.9 Å². The molecular weight excluding hydrogens is 652 g/mol. The first-order valence-corrected chi connectivity index (χ1v) is 6.28. The monoisotopic (exact) mass is 664 g/mol. The van der Waals surface area contributed by atoms with Crippen LogP contribution in [-0.4, -0.2) is 54.0 Å². The zero-order chi connectivity index (χ0) is 15.4. The molecule has 24 heavy (non-hydrogen) atoms. The summed E-state index contributed by atoms with van der Waals surface area (Å²) in [5.41, 5.74) is 4.03. The summed E-state index contributed by atoms with van der Waals surface area (Å²) in [7, 11) is 3.32. The van der Waals surface area contributed by atoms with Crippen LogP contribution in [0.5, 0.6) is 0 Å². The molecule has 0 atom stereocenters. The molecule has 0 unspecified atom stereocenters. The summed E-state index contributed by atoms with van der Waals surface area (Å²) < 4.78 is 0. The molecule has 0 fully saturated rings. The Morgan fingerprint density at radius 3 is 1.58 bits per heavy atom. The van der Waals surface area contributed by atoms with Crippen molar-refractivity contribution in [1.29, 1.82) is 0 Å². The number of imidazole rings is 2. The Bertz CT molecular complexity index is 941. The van der Waals surface area contributed by atoms with Crippen molar-refractivity contribution in [2.24, 2.45) is 9.98 Å². The van der Waals surface area contributed by atoms with Crippen molar-refractivity contribution < 1.29 is 42.1 Å². The predicted octanol–water partition coefficient (Wildman–Crippen LogP) is -0.772. The molecule has 0 aromatic carbocycles. The fourth-order valence-corrected chi connectivity index (χ4v) is 1.65. The van der Waals surface area contributed by atoms with Gasteiger partial charge in [0.1, 0.15) is 11.2 Å². The molecule has 0 radical (unpaired) electrons. The molecule has 4 aromatic rings. The van der Waals surface area contributed by atoms with Crippen molar-refractivity contribution in [3.8, 4) is 0 Å². The molecule has 0 aliphatic rings. The molecule has 4 N–H and O–H groups in total. The molecule has 4 rings (SSSR count). The SMILES string of the molecule is CN=c1n[c-]c2[nH]cnc2[nH]1.CN=c1n[c-]c2[nH]cnc2[nH]1.[W].[W]. The molecule has 4 aromatic heterocycles. The van der Waals surface area contributed by atoms with Crippen LogP contribution in [0, 0.1) is 12.4 Å². The van der Waals surface area contributed by atoms with Gasteiger partial charge >= 0.3 is 0 Å². The maximum atomic E-state index is 3.98. The third-order valence-electron chi connectivity index (χ3n) is 2.71. The normalized spacial score (nSPS) is 11.6. The number of hydrogen-bond acceptors (Lipinski definition) is 6. The number of rotatable bonds is 0. The van der Waals surface area contributed by atoms with E-state index < -0.39 is 0 Å². The number of H-pyrrole nitrogens is 4. The minimum Gasteiger partial charge on any atom is -0.414 e. The van der Waals surface area contributed by atoms with E-state index in [0.29, 0.717) is 11.2 Å². The Morgan fingerprint density at radius 1 is 0.792 bits per heavy atom. The summed E-state index contributed by atoms with van der Waals surface area (Å²) in [5.74, 6) is 0. The quantitative estimate of drug-likeness (QED) is 0.184. The standard InChI is InChI=1S/2C6H6N5.2W/c2*1-7-6-8-2-4-5(11-6)10-3-9-4;;/h2*3H,1H3,(H2,7,8,9,10,11);;/q2*-1;;. The number of nitrogens with zero attached hydrogens (tertiary/aromatic N) is 6. The molecule has 0 spiro atoms. The van der Waals surface area contributed by atoms with Crippen LogP contribution < -0.4 is 11.2 Å². The molecule has 0 saturated heterocycles. The van der Waals surface area contributed by atoms with Crippen molar-refractivity contribution in [2.75, 3.05) is 14.1 Å².